The van der Waals surface area contributed by atoms with Gasteiger partial charge < -0.3 is 49.6 Å². The molecule has 0 spiro atoms. The van der Waals surface area contributed by atoms with Crippen LogP contribution in [0, 0.1) is 13.8 Å². The van der Waals surface area contributed by atoms with E-state index >= 15 is 0 Å². The van der Waals surface area contributed by atoms with Crippen molar-refractivity contribution in [2.24, 2.45) is 0 Å². The topological polar surface area (TPSA) is 0 Å². The fraction of sp³-hybridized carbons (Fsp3) is 0.226. The zero-order chi connectivity index (χ0) is 45.7. The van der Waals surface area contributed by atoms with Gasteiger partial charge in [0.05, 0.1) is 0 Å². The maximum atomic E-state index is 2.97. The van der Waals surface area contributed by atoms with Gasteiger partial charge in [-0.1, -0.05) is 175 Å². The van der Waals surface area contributed by atoms with Crippen LogP contribution in [0.15, 0.2) is 188 Å². The van der Waals surface area contributed by atoms with Crippen LogP contribution < -0.4 is 49.6 Å². The number of unbranched alkanes of at least 4 members (excludes halogenated alkanes) is 3. The summed E-state index contributed by atoms with van der Waals surface area (Å²) in [7, 11) is 5.94. The van der Waals surface area contributed by atoms with Gasteiger partial charge in [-0.2, -0.15) is 24.3 Å². The Morgan fingerprint density at radius 2 is 0.814 bits per heavy atom. The average molecular weight is 1190 g/mol. The summed E-state index contributed by atoms with van der Waals surface area (Å²) in [4.78, 5) is 0. The fourth-order valence-electron chi connectivity index (χ4n) is 8.36. The zero-order valence-corrected chi connectivity index (χ0v) is 51.8. The molecule has 0 aliphatic rings. The van der Waals surface area contributed by atoms with Gasteiger partial charge >= 0.3 is 52.4 Å². The van der Waals surface area contributed by atoms with Gasteiger partial charge in [0.1, 0.15) is 0 Å². The van der Waals surface area contributed by atoms with E-state index in [0.29, 0.717) is 0 Å². The van der Waals surface area contributed by atoms with Crippen molar-refractivity contribution in [2.75, 3.05) is 0 Å². The van der Waals surface area contributed by atoms with E-state index in [1.807, 2.05) is 0 Å². The standard InChI is InChI=1S/C17H23.2C16H13.C11H11.2CH3Si.4ClH.2Zr/c1-3-5-6-7-8-15-9-10-16-11-14(4-2)12-17(16)13-15;2*1-12-10-14-8-5-9-15(16(14)11-12)13-6-3-2-4-7-13;1-2-9-7-10-5-3-4-6-11(10)8-9;2*1-2;;;;;;/h9-13H,3-8H2,1-2H3;2*2-11H,1H3;3-8H,2H2,1H3;2*1H3;4*1H;;/q4*-1;;;;;;;2*+4/p-4. The Labute approximate surface area is 491 Å². The van der Waals surface area contributed by atoms with E-state index in [2.05, 4.69) is 243 Å². The molecule has 6 radical (unpaired) electrons. The van der Waals surface area contributed by atoms with Crippen molar-refractivity contribution in [3.63, 3.8) is 0 Å². The maximum Gasteiger partial charge on any atom is 4.00 e. The van der Waals surface area contributed by atoms with E-state index in [1.165, 1.54) is 125 Å². The van der Waals surface area contributed by atoms with E-state index in [4.69, 9.17) is 0 Å². The van der Waals surface area contributed by atoms with Gasteiger partial charge in [0.15, 0.2) is 0 Å². The van der Waals surface area contributed by atoms with Gasteiger partial charge in [-0.3, -0.25) is 0 Å². The number of fused-ring (bicyclic) bond motifs is 4. The second-order valence-corrected chi connectivity index (χ2v) is 16.3. The number of hydrogen-bond acceptors (Lipinski definition) is 0. The second-order valence-electron chi connectivity index (χ2n) is 16.3. The molecule has 0 amide bonds. The molecule has 0 bridgehead atoms. The van der Waals surface area contributed by atoms with Crippen LogP contribution >= 0.6 is 0 Å². The first kappa shape index (κ1) is 69.2. The number of rotatable bonds is 9. The monoisotopic (exact) mass is 1190 g/mol. The van der Waals surface area contributed by atoms with E-state index in [-0.39, 0.29) is 102 Å². The molecule has 10 aromatic carbocycles. The molecular formula is C62H66Cl4Si2Zr2. The van der Waals surface area contributed by atoms with Crippen LogP contribution in [0.3, 0.4) is 0 Å². The molecule has 0 aromatic heterocycles. The van der Waals surface area contributed by atoms with Crippen molar-refractivity contribution in [1.82, 2.24) is 0 Å². The van der Waals surface area contributed by atoms with Crippen LogP contribution in [0.25, 0.3) is 65.3 Å². The molecule has 0 heterocycles. The summed E-state index contributed by atoms with van der Waals surface area (Å²) in [5.41, 5.74) is 12.3. The summed E-state index contributed by atoms with van der Waals surface area (Å²) in [5.74, 6) is 0. The van der Waals surface area contributed by atoms with Crippen LogP contribution in [-0.4, -0.2) is 20.5 Å². The number of aryl methyl sites for hydroxylation is 5. The summed E-state index contributed by atoms with van der Waals surface area (Å²) < 4.78 is 0. The summed E-state index contributed by atoms with van der Waals surface area (Å²) in [6.07, 6.45) is 8.91. The largest absolute Gasteiger partial charge is 4.00 e. The fourth-order valence-corrected chi connectivity index (χ4v) is 8.36. The minimum atomic E-state index is 0. The van der Waals surface area contributed by atoms with Crippen LogP contribution in [0.4, 0.5) is 0 Å². The minimum Gasteiger partial charge on any atom is -1.00 e. The SMILES string of the molecule is CCCCCCc1ccc2cc(CC)[cH-]c2c1.CCc1cc2ccccc2[cH-]1.C[Si].C[Si].Cc1cc2c(-c3ccccc3)cccc2[cH-]1.Cc1cc2c(-c3ccccc3)cccc2[cH-]1.[Cl-].[Cl-].[Cl-].[Cl-].[Zr+4].[Zr+4]. The Morgan fingerprint density at radius 3 is 1.27 bits per heavy atom. The molecule has 10 rings (SSSR count). The maximum absolute atomic E-state index is 2.97. The smallest absolute Gasteiger partial charge is 1.00 e. The van der Waals surface area contributed by atoms with Crippen molar-refractivity contribution in [3.05, 3.63) is 216 Å². The third-order valence-electron chi connectivity index (χ3n) is 11.6. The molecule has 358 valence electrons. The second kappa shape index (κ2) is 37.8. The van der Waals surface area contributed by atoms with Gasteiger partial charge in [0.2, 0.25) is 0 Å². The number of hydrogen-bond donors (Lipinski definition) is 0. The summed E-state index contributed by atoms with van der Waals surface area (Å²) >= 11 is 0. The van der Waals surface area contributed by atoms with Gasteiger partial charge in [0.25, 0.3) is 0 Å². The first-order valence-electron chi connectivity index (χ1n) is 23.2. The van der Waals surface area contributed by atoms with E-state index in [1.54, 1.807) is 13.1 Å². The normalized spacial score (nSPS) is 9.50. The molecule has 0 atom stereocenters. The summed E-state index contributed by atoms with van der Waals surface area (Å²) in [6, 6.07) is 67.7. The summed E-state index contributed by atoms with van der Waals surface area (Å²) in [5, 5.41) is 10.9. The molecule has 0 aliphatic carbocycles. The third kappa shape index (κ3) is 20.2. The van der Waals surface area contributed by atoms with Crippen molar-refractivity contribution in [2.45, 2.75) is 92.7 Å². The average Bonchev–Trinajstić information content (AvgIpc) is 4.16. The zero-order valence-electron chi connectivity index (χ0n) is 41.9. The number of halogens is 4. The Bertz CT molecular complexity index is 2730. The van der Waals surface area contributed by atoms with Gasteiger partial charge in [-0.25, -0.2) is 0 Å². The summed E-state index contributed by atoms with van der Waals surface area (Å²) in [6.45, 7) is 14.6. The molecular weight excluding hydrogens is 1130 g/mol. The van der Waals surface area contributed by atoms with Crippen molar-refractivity contribution in [3.8, 4) is 22.3 Å². The predicted octanol–water partition coefficient (Wildman–Crippen LogP) is 5.85. The molecule has 0 aliphatic heterocycles. The van der Waals surface area contributed by atoms with Gasteiger partial charge in [-0.15, -0.1) is 144 Å². The molecule has 0 unspecified atom stereocenters. The van der Waals surface area contributed by atoms with Crippen LogP contribution in [0.1, 0.15) is 74.3 Å². The quantitative estimate of drug-likeness (QED) is 0.0969. The van der Waals surface area contributed by atoms with Crippen LogP contribution in [-0.2, 0) is 71.7 Å². The molecule has 0 N–H and O–H groups in total. The Hall–Kier alpha value is -2.88. The number of benzene rings is 6. The van der Waals surface area contributed by atoms with E-state index in [9.17, 15) is 0 Å². The molecule has 8 heteroatoms. The Morgan fingerprint density at radius 1 is 0.386 bits per heavy atom. The molecule has 0 nitrogen and oxygen atoms in total. The predicted molar refractivity (Wildman–Crippen MR) is 288 cm³/mol. The molecule has 0 saturated carbocycles. The van der Waals surface area contributed by atoms with Gasteiger partial charge in [0, 0.05) is 20.5 Å². The first-order valence-corrected chi connectivity index (χ1v) is 25.2. The van der Waals surface area contributed by atoms with Crippen molar-refractivity contribution >= 4 is 63.6 Å². The van der Waals surface area contributed by atoms with Crippen LogP contribution in [0.2, 0.25) is 13.1 Å². The Kier molecular flexibility index (Phi) is 37.4. The van der Waals surface area contributed by atoms with Gasteiger partial charge in [-0.05, 0) is 30.4 Å². The molecule has 0 saturated heterocycles. The van der Waals surface area contributed by atoms with E-state index in [0.717, 1.165) is 12.8 Å². The van der Waals surface area contributed by atoms with Crippen molar-refractivity contribution in [1.29, 1.82) is 0 Å². The van der Waals surface area contributed by atoms with Crippen molar-refractivity contribution < 1.29 is 102 Å². The molecule has 10 aromatic rings. The first-order chi connectivity index (χ1) is 31.4. The van der Waals surface area contributed by atoms with E-state index < -0.39 is 0 Å². The molecule has 0 fully saturated rings. The molecule has 70 heavy (non-hydrogen) atoms. The minimum absolute atomic E-state index is 0. The van der Waals surface area contributed by atoms with Crippen LogP contribution in [0.5, 0.6) is 0 Å². The third-order valence-corrected chi connectivity index (χ3v) is 11.6. The Balaban J connectivity index is 0.